The summed E-state index contributed by atoms with van der Waals surface area (Å²) >= 11 is 1.53. The van der Waals surface area contributed by atoms with Crippen molar-refractivity contribution in [1.29, 1.82) is 0 Å². The van der Waals surface area contributed by atoms with Crippen molar-refractivity contribution in [3.05, 3.63) is 46.0 Å². The molecule has 0 aliphatic heterocycles. The molecule has 2 heterocycles. The van der Waals surface area contributed by atoms with Crippen molar-refractivity contribution < 1.29 is 9.53 Å². The molecular formula is C20H26N4O2S. The van der Waals surface area contributed by atoms with Crippen molar-refractivity contribution in [2.24, 2.45) is 4.99 Å². The van der Waals surface area contributed by atoms with Gasteiger partial charge in [-0.1, -0.05) is 17.4 Å². The average molecular weight is 387 g/mol. The van der Waals surface area contributed by atoms with Crippen molar-refractivity contribution >= 4 is 27.5 Å². The van der Waals surface area contributed by atoms with E-state index in [0.29, 0.717) is 30.3 Å². The Morgan fingerprint density at radius 2 is 2.07 bits per heavy atom. The Labute approximate surface area is 163 Å². The van der Waals surface area contributed by atoms with Crippen LogP contribution in [0.3, 0.4) is 0 Å². The third kappa shape index (κ3) is 4.20. The lowest BCUT2D eigenvalue weighted by Gasteiger charge is -2.08. The Kier molecular flexibility index (Phi) is 5.92. The number of thiazole rings is 1. The van der Waals surface area contributed by atoms with Crippen LogP contribution in [-0.2, 0) is 11.3 Å². The van der Waals surface area contributed by atoms with Crippen molar-refractivity contribution in [1.82, 2.24) is 14.3 Å². The van der Waals surface area contributed by atoms with Crippen LogP contribution in [0.2, 0.25) is 0 Å². The van der Waals surface area contributed by atoms with E-state index >= 15 is 0 Å². The zero-order chi connectivity index (χ0) is 19.6. The maximum atomic E-state index is 12.9. The average Bonchev–Trinajstić information content (AvgIpc) is 3.16. The zero-order valence-electron chi connectivity index (χ0n) is 16.5. The second-order valence-corrected chi connectivity index (χ2v) is 7.84. The van der Waals surface area contributed by atoms with Gasteiger partial charge in [0.25, 0.3) is 5.91 Å². The lowest BCUT2D eigenvalue weighted by atomic mass is 10.2. The van der Waals surface area contributed by atoms with Gasteiger partial charge in [0.1, 0.15) is 5.69 Å². The van der Waals surface area contributed by atoms with Gasteiger partial charge in [-0.2, -0.15) is 10.1 Å². The Bertz CT molecular complexity index is 1030. The molecule has 144 valence electrons. The van der Waals surface area contributed by atoms with Crippen LogP contribution in [0, 0.1) is 13.8 Å². The molecule has 0 atom stereocenters. The predicted molar refractivity (Wildman–Crippen MR) is 108 cm³/mol. The van der Waals surface area contributed by atoms with Gasteiger partial charge in [0.15, 0.2) is 4.80 Å². The maximum absolute atomic E-state index is 12.9. The first-order valence-electron chi connectivity index (χ1n) is 9.23. The number of aryl methyl sites for hydroxylation is 2. The fraction of sp³-hybridized carbons (Fsp3) is 0.450. The first-order chi connectivity index (χ1) is 12.9. The normalized spacial score (nSPS) is 12.4. The zero-order valence-corrected chi connectivity index (χ0v) is 17.3. The van der Waals surface area contributed by atoms with Crippen molar-refractivity contribution in [3.8, 4) is 0 Å². The van der Waals surface area contributed by atoms with E-state index in [-0.39, 0.29) is 11.9 Å². The summed E-state index contributed by atoms with van der Waals surface area (Å²) in [5, 5.41) is 4.42. The molecule has 0 radical (unpaired) electrons. The number of hydrogen-bond donors (Lipinski definition) is 0. The third-order valence-electron chi connectivity index (χ3n) is 4.26. The number of ether oxygens (including phenoxy) is 1. The minimum Gasteiger partial charge on any atom is -0.380 e. The molecule has 0 N–H and O–H groups in total. The highest BCUT2D eigenvalue weighted by molar-refractivity contribution is 7.16. The summed E-state index contributed by atoms with van der Waals surface area (Å²) < 4.78 is 10.4. The van der Waals surface area contributed by atoms with Crippen LogP contribution in [0.4, 0.5) is 0 Å². The van der Waals surface area contributed by atoms with E-state index in [9.17, 15) is 4.79 Å². The van der Waals surface area contributed by atoms with Gasteiger partial charge in [-0.3, -0.25) is 9.48 Å². The number of carbonyl (C=O) groups excluding carboxylic acids is 1. The van der Waals surface area contributed by atoms with Crippen LogP contribution in [0.1, 0.15) is 48.6 Å². The van der Waals surface area contributed by atoms with E-state index < -0.39 is 0 Å². The van der Waals surface area contributed by atoms with E-state index in [1.165, 1.54) is 16.9 Å². The fourth-order valence-electron chi connectivity index (χ4n) is 3.00. The Hall–Kier alpha value is -2.25. The van der Waals surface area contributed by atoms with Crippen molar-refractivity contribution in [3.63, 3.8) is 0 Å². The molecule has 0 saturated heterocycles. The van der Waals surface area contributed by atoms with E-state index in [1.54, 1.807) is 10.7 Å². The smallest absolute Gasteiger partial charge is 0.297 e. The summed E-state index contributed by atoms with van der Waals surface area (Å²) in [7, 11) is 0. The molecule has 0 fully saturated rings. The second-order valence-electron chi connectivity index (χ2n) is 6.83. The quantitative estimate of drug-likeness (QED) is 0.604. The highest BCUT2D eigenvalue weighted by Gasteiger charge is 2.16. The molecule has 0 aliphatic carbocycles. The van der Waals surface area contributed by atoms with Gasteiger partial charge in [0.2, 0.25) is 0 Å². The summed E-state index contributed by atoms with van der Waals surface area (Å²) in [4.78, 5) is 18.1. The van der Waals surface area contributed by atoms with Gasteiger partial charge in [0.05, 0.1) is 22.5 Å². The van der Waals surface area contributed by atoms with Crippen molar-refractivity contribution in [2.75, 3.05) is 13.2 Å². The molecule has 0 aliphatic rings. The lowest BCUT2D eigenvalue weighted by Crippen LogP contribution is -2.21. The number of benzene rings is 1. The number of rotatable bonds is 6. The largest absolute Gasteiger partial charge is 0.380 e. The molecule has 3 aromatic rings. The lowest BCUT2D eigenvalue weighted by molar-refractivity contribution is 0.0984. The molecule has 0 spiro atoms. The molecule has 1 aromatic carbocycles. The number of carbonyl (C=O) groups is 1. The number of fused-ring (bicyclic) bond motifs is 1. The van der Waals surface area contributed by atoms with Crippen LogP contribution in [0.5, 0.6) is 0 Å². The first-order valence-corrected chi connectivity index (χ1v) is 10.0. The molecule has 1 amide bonds. The summed E-state index contributed by atoms with van der Waals surface area (Å²) in [6.45, 7) is 11.9. The minimum absolute atomic E-state index is 0.1000. The maximum Gasteiger partial charge on any atom is 0.297 e. The van der Waals surface area contributed by atoms with E-state index in [1.807, 2.05) is 27.7 Å². The summed E-state index contributed by atoms with van der Waals surface area (Å²) in [6.07, 6.45) is 0. The van der Waals surface area contributed by atoms with Crippen LogP contribution in [-0.4, -0.2) is 33.5 Å². The Morgan fingerprint density at radius 3 is 2.78 bits per heavy atom. The van der Waals surface area contributed by atoms with Crippen LogP contribution >= 0.6 is 11.3 Å². The highest BCUT2D eigenvalue weighted by atomic mass is 32.1. The highest BCUT2D eigenvalue weighted by Crippen LogP contribution is 2.19. The van der Waals surface area contributed by atoms with Gasteiger partial charge in [-0.25, -0.2) is 0 Å². The summed E-state index contributed by atoms with van der Waals surface area (Å²) in [6, 6.07) is 8.19. The van der Waals surface area contributed by atoms with Crippen LogP contribution in [0.25, 0.3) is 10.2 Å². The van der Waals surface area contributed by atoms with E-state index in [4.69, 9.17) is 4.74 Å². The number of aromatic nitrogens is 3. The van der Waals surface area contributed by atoms with Crippen LogP contribution in [0.15, 0.2) is 29.3 Å². The standard InChI is InChI=1S/C20H26N4O2S/c1-6-26-10-9-23-16-8-7-14(4)11-18(16)27-20(23)21-19(25)17-12-15(5)22-24(17)13(2)3/h7-8,11-13H,6,9-10H2,1-5H3. The van der Waals surface area contributed by atoms with Gasteiger partial charge in [0, 0.05) is 19.2 Å². The Morgan fingerprint density at radius 1 is 1.30 bits per heavy atom. The van der Waals surface area contributed by atoms with E-state index in [2.05, 4.69) is 39.8 Å². The molecule has 6 nitrogen and oxygen atoms in total. The topological polar surface area (TPSA) is 61.4 Å². The third-order valence-corrected chi connectivity index (χ3v) is 5.31. The summed E-state index contributed by atoms with van der Waals surface area (Å²) in [5.41, 5.74) is 3.60. The molecule has 27 heavy (non-hydrogen) atoms. The minimum atomic E-state index is -0.266. The molecule has 2 aromatic heterocycles. The summed E-state index contributed by atoms with van der Waals surface area (Å²) in [5.74, 6) is -0.266. The number of amides is 1. The second kappa shape index (κ2) is 8.19. The van der Waals surface area contributed by atoms with E-state index in [0.717, 1.165) is 15.9 Å². The predicted octanol–water partition coefficient (Wildman–Crippen LogP) is 3.87. The van der Waals surface area contributed by atoms with Crippen LogP contribution < -0.4 is 4.80 Å². The van der Waals surface area contributed by atoms with Gasteiger partial charge in [-0.15, -0.1) is 0 Å². The monoisotopic (exact) mass is 386 g/mol. The Balaban J connectivity index is 2.09. The number of nitrogens with zero attached hydrogens (tertiary/aromatic N) is 4. The van der Waals surface area contributed by atoms with Gasteiger partial charge < -0.3 is 9.30 Å². The SMILES string of the molecule is CCOCCn1c(=NC(=O)c2cc(C)nn2C(C)C)sc2cc(C)ccc21. The molecule has 0 saturated carbocycles. The van der Waals surface area contributed by atoms with Gasteiger partial charge >= 0.3 is 0 Å². The fourth-order valence-corrected chi connectivity index (χ4v) is 4.15. The molecule has 0 bridgehead atoms. The molecular weight excluding hydrogens is 360 g/mol. The number of hydrogen-bond acceptors (Lipinski definition) is 4. The molecule has 7 heteroatoms. The van der Waals surface area contributed by atoms with Gasteiger partial charge in [-0.05, 0) is 58.4 Å². The molecule has 0 unspecified atom stereocenters. The first kappa shape index (κ1) is 19.5. The molecule has 3 rings (SSSR count). The van der Waals surface area contributed by atoms with Crippen molar-refractivity contribution in [2.45, 2.75) is 47.2 Å².